The molecule has 3 atom stereocenters. The number of ketones is 2. The predicted molar refractivity (Wildman–Crippen MR) is 382 cm³/mol. The lowest BCUT2D eigenvalue weighted by Gasteiger charge is -2.22. The number of aryl methyl sites for hydroxylation is 2. The number of hydrogen-bond donors (Lipinski definition) is 4. The van der Waals surface area contributed by atoms with E-state index in [1.807, 2.05) is 171 Å². The number of carbonyl (C=O) groups is 8. The lowest BCUT2D eigenvalue weighted by molar-refractivity contribution is -0.148. The van der Waals surface area contributed by atoms with Crippen molar-refractivity contribution in [2.45, 2.75) is 208 Å². The quantitative estimate of drug-likeness (QED) is 0.0253. The second kappa shape index (κ2) is 59.2. The van der Waals surface area contributed by atoms with E-state index < -0.39 is 42.2 Å². The molecule has 17 heteroatoms. The Balaban J connectivity index is -0.000000519. The number of esters is 2. The minimum absolute atomic E-state index is 0.0257. The smallest absolute Gasteiger partial charge is 0.339 e. The van der Waals surface area contributed by atoms with Crippen LogP contribution in [-0.4, -0.2) is 80.4 Å². The number of carbonyl (C=O) groups excluding carboxylic acids is 8. The van der Waals surface area contributed by atoms with Crippen LogP contribution in [0.2, 0.25) is 0 Å². The molecule has 14 nitrogen and oxygen atoms in total. The van der Waals surface area contributed by atoms with Gasteiger partial charge in [-0.1, -0.05) is 183 Å². The Bertz CT molecular complexity index is 2460. The first-order chi connectivity index (χ1) is 41.4. The Labute approximate surface area is 561 Å². The van der Waals surface area contributed by atoms with Gasteiger partial charge in [0.05, 0.1) is 23.9 Å². The molecular formula is C69H109I3N4O10. The maximum atomic E-state index is 13.8. The molecule has 0 aliphatic carbocycles. The van der Waals surface area contributed by atoms with E-state index >= 15 is 0 Å². The molecule has 0 saturated heterocycles. The normalized spacial score (nSPS) is 10.5. The first-order valence-electron chi connectivity index (χ1n) is 31.0. The van der Waals surface area contributed by atoms with Gasteiger partial charge in [0.1, 0.15) is 12.4 Å². The van der Waals surface area contributed by atoms with Gasteiger partial charge < -0.3 is 30.7 Å². The number of halogens is 3. The largest absolute Gasteiger partial charge is 0.461 e. The van der Waals surface area contributed by atoms with E-state index in [9.17, 15) is 38.4 Å². The molecule has 0 bridgehead atoms. The van der Waals surface area contributed by atoms with Crippen molar-refractivity contribution >= 4 is 115 Å². The molecule has 4 N–H and O–H groups in total. The first kappa shape index (κ1) is 90.0. The van der Waals surface area contributed by atoms with Crippen LogP contribution >= 0.6 is 67.8 Å². The molecule has 0 aliphatic heterocycles. The Morgan fingerprint density at radius 1 is 0.558 bits per heavy atom. The van der Waals surface area contributed by atoms with E-state index in [2.05, 4.69) is 95.1 Å². The summed E-state index contributed by atoms with van der Waals surface area (Å²) in [4.78, 5) is 100. The average Bonchev–Trinajstić information content (AvgIpc) is 3.41. The van der Waals surface area contributed by atoms with Gasteiger partial charge in [-0.2, -0.15) is 0 Å². The van der Waals surface area contributed by atoms with Gasteiger partial charge in [-0.3, -0.25) is 33.6 Å². The summed E-state index contributed by atoms with van der Waals surface area (Å²) >= 11 is 6.92. The molecular weight excluding hydrogens is 1430 g/mol. The Morgan fingerprint density at radius 3 is 1.57 bits per heavy atom. The lowest BCUT2D eigenvalue weighted by Crippen LogP contribution is -2.46. The van der Waals surface area contributed by atoms with Gasteiger partial charge in [-0.25, -0.2) is 4.79 Å². The van der Waals surface area contributed by atoms with Crippen molar-refractivity contribution in [2.75, 3.05) is 27.2 Å². The number of unbranched alkanes of at least 4 members (excludes halogenated alkanes) is 1. The monoisotopic (exact) mass is 1530 g/mol. The first-order valence-corrected chi connectivity index (χ1v) is 34.3. The highest BCUT2D eigenvalue weighted by molar-refractivity contribution is 14.1. The summed E-state index contributed by atoms with van der Waals surface area (Å²) in [6.07, 6.45) is 4.11. The summed E-state index contributed by atoms with van der Waals surface area (Å²) < 4.78 is 14.3. The number of nitrogens with one attached hydrogen (secondary N) is 4. The van der Waals surface area contributed by atoms with E-state index in [0.717, 1.165) is 44.9 Å². The van der Waals surface area contributed by atoms with Crippen molar-refractivity contribution in [2.24, 2.45) is 11.8 Å². The van der Waals surface area contributed by atoms with E-state index in [-0.39, 0.29) is 68.1 Å². The Morgan fingerprint density at radius 2 is 1.07 bits per heavy atom. The second-order valence-corrected chi connectivity index (χ2v) is 20.8. The number of amides is 4. The summed E-state index contributed by atoms with van der Waals surface area (Å²) in [7, 11) is 3.22. The molecule has 4 aromatic carbocycles. The van der Waals surface area contributed by atoms with Crippen LogP contribution in [0.5, 0.6) is 0 Å². The molecule has 1 unspecified atom stereocenters. The van der Waals surface area contributed by atoms with Gasteiger partial charge >= 0.3 is 11.9 Å². The standard InChI is InChI=1S/C40H49N3O8.C15H18I3NO2.7C2H6/c1-28-14-12-15-29(2)38(28)40(49)51-27-34(44)33(20-10-11-23-42-36(46)22-13-21-35(45)41-3)43-39(48)32(24-30-16-6-4-7-17-30)25-37(47)50-26-31-18-8-5-9-19-31;1-4-9(15(21)19-3)6-11-13(17)7-12(16)10(14(11)18)5-8(2)20;7*1-2/h4-9,12,14-19,32-33H,10-11,13,20-27H2,1-3H3,(H,41,45)(H,42,46)(H,43,48);7,9H,4-6H2,1-3H3,(H,19,21);7*1-2H3/t32-,33+;;;;;;;;/m0......../s1. The van der Waals surface area contributed by atoms with Crippen LogP contribution in [0.3, 0.4) is 0 Å². The molecule has 86 heavy (non-hydrogen) atoms. The summed E-state index contributed by atoms with van der Waals surface area (Å²) in [6.45, 7) is 35.1. The minimum atomic E-state index is -1.01. The van der Waals surface area contributed by atoms with Crippen molar-refractivity contribution in [3.8, 4) is 0 Å². The minimum Gasteiger partial charge on any atom is -0.461 e. The molecule has 4 aromatic rings. The fraction of sp³-hybridized carbons (Fsp3) is 0.536. The lowest BCUT2D eigenvalue weighted by atomic mass is 9.94. The van der Waals surface area contributed by atoms with E-state index in [1.54, 1.807) is 47.0 Å². The van der Waals surface area contributed by atoms with Crippen LogP contribution < -0.4 is 21.3 Å². The molecule has 0 aliphatic rings. The van der Waals surface area contributed by atoms with Crippen LogP contribution in [-0.2, 0) is 68.9 Å². The molecule has 0 radical (unpaired) electrons. The maximum Gasteiger partial charge on any atom is 0.339 e. The number of ether oxygens (including phenoxy) is 2. The Kier molecular flexibility index (Phi) is 61.9. The molecule has 4 rings (SSSR count). The third-order valence-electron chi connectivity index (χ3n) is 11.8. The highest BCUT2D eigenvalue weighted by atomic mass is 127. The van der Waals surface area contributed by atoms with E-state index in [0.29, 0.717) is 44.2 Å². The zero-order chi connectivity index (χ0) is 67.2. The van der Waals surface area contributed by atoms with Crippen molar-refractivity contribution in [3.05, 3.63) is 135 Å². The van der Waals surface area contributed by atoms with E-state index in [1.165, 1.54) is 5.56 Å². The second-order valence-electron chi connectivity index (χ2n) is 17.4. The summed E-state index contributed by atoms with van der Waals surface area (Å²) in [5, 5.41) is 10.9. The third-order valence-corrected chi connectivity index (χ3v) is 15.0. The Hall–Kier alpha value is -4.77. The maximum absolute atomic E-state index is 13.8. The van der Waals surface area contributed by atoms with Gasteiger partial charge in [0.15, 0.2) is 12.4 Å². The van der Waals surface area contributed by atoms with Gasteiger partial charge in [0.2, 0.25) is 23.6 Å². The van der Waals surface area contributed by atoms with Crippen molar-refractivity contribution in [1.82, 2.24) is 21.3 Å². The van der Waals surface area contributed by atoms with Gasteiger partial charge in [-0.15, -0.1) is 0 Å². The number of rotatable bonds is 27. The van der Waals surface area contributed by atoms with Gasteiger partial charge in [-0.05, 0) is 173 Å². The molecule has 0 spiro atoms. The molecule has 0 aromatic heterocycles. The molecule has 0 saturated carbocycles. The molecule has 0 heterocycles. The van der Waals surface area contributed by atoms with Crippen LogP contribution in [0, 0.1) is 36.4 Å². The van der Waals surface area contributed by atoms with Gasteiger partial charge in [0, 0.05) is 56.5 Å². The van der Waals surface area contributed by atoms with Crippen LogP contribution in [0.25, 0.3) is 0 Å². The fourth-order valence-corrected chi connectivity index (χ4v) is 11.9. The summed E-state index contributed by atoms with van der Waals surface area (Å²) in [5.41, 5.74) is 5.75. The SMILES string of the molecule is CC.CC.CC.CC.CC.CC.CC.CCC(Cc1c(I)cc(I)c(CC(C)=O)c1I)C(=O)NC.CNC(=O)CCCC(=O)NCCCC[C@@H](NC(=O)[C@H](CC(=O)OCc1ccccc1)Cc1ccccc1)C(=O)COC(=O)c1c(C)cccc1C. The molecule has 0 fully saturated rings. The zero-order valence-corrected chi connectivity index (χ0v) is 62.4. The van der Waals surface area contributed by atoms with E-state index in [4.69, 9.17) is 9.47 Å². The predicted octanol–water partition coefficient (Wildman–Crippen LogP) is 15.8. The van der Waals surface area contributed by atoms with Crippen LogP contribution in [0.15, 0.2) is 84.9 Å². The molecule has 4 amide bonds. The van der Waals surface area contributed by atoms with Gasteiger partial charge in [0.25, 0.3) is 0 Å². The summed E-state index contributed by atoms with van der Waals surface area (Å²) in [6, 6.07) is 25.0. The van der Waals surface area contributed by atoms with Crippen molar-refractivity contribution in [3.63, 3.8) is 0 Å². The zero-order valence-electron chi connectivity index (χ0n) is 55.9. The van der Waals surface area contributed by atoms with Crippen LogP contribution in [0.4, 0.5) is 0 Å². The highest BCUT2D eigenvalue weighted by Gasteiger charge is 2.29. The third kappa shape index (κ3) is 39.2. The molecule has 486 valence electrons. The topological polar surface area (TPSA) is 203 Å². The van der Waals surface area contributed by atoms with Crippen molar-refractivity contribution in [1.29, 1.82) is 0 Å². The highest BCUT2D eigenvalue weighted by Crippen LogP contribution is 2.31. The fourth-order valence-electron chi connectivity index (χ4n) is 7.68. The van der Waals surface area contributed by atoms with Crippen LogP contribution in [0.1, 0.15) is 206 Å². The number of hydrogen-bond acceptors (Lipinski definition) is 10. The summed E-state index contributed by atoms with van der Waals surface area (Å²) in [5.74, 6) is -3.11. The average molecular weight is 1540 g/mol. The number of benzene rings is 4. The number of Topliss-reactive ketones (excluding diaryl/α,β-unsaturated/α-hetero) is 2. The van der Waals surface area contributed by atoms with Crippen molar-refractivity contribution < 1.29 is 47.8 Å².